The summed E-state index contributed by atoms with van der Waals surface area (Å²) in [5.41, 5.74) is 6.36. The van der Waals surface area contributed by atoms with Gasteiger partial charge in [0.15, 0.2) is 0 Å². The molecule has 3 rings (SSSR count). The molecule has 2 heterocycles. The second-order valence-electron chi connectivity index (χ2n) is 5.11. The van der Waals surface area contributed by atoms with E-state index >= 15 is 0 Å². The fraction of sp³-hybridized carbons (Fsp3) is 0.118. The first kappa shape index (κ1) is 14.9. The Hall–Kier alpha value is -2.99. The van der Waals surface area contributed by atoms with E-state index in [-0.39, 0.29) is 6.42 Å². The van der Waals surface area contributed by atoms with Gasteiger partial charge >= 0.3 is 5.97 Å². The van der Waals surface area contributed by atoms with Gasteiger partial charge in [-0.1, -0.05) is 12.1 Å². The zero-order valence-corrected chi connectivity index (χ0v) is 12.2. The number of carboxylic acid groups (broad SMARTS) is 1. The highest BCUT2D eigenvalue weighted by atomic mass is 16.5. The molecular weight excluding hydrogens is 294 g/mol. The van der Waals surface area contributed by atoms with E-state index in [0.717, 1.165) is 16.3 Å². The monoisotopic (exact) mass is 309 g/mol. The number of carboxylic acids is 1. The Morgan fingerprint density at radius 1 is 1.17 bits per heavy atom. The number of fused-ring (bicyclic) bond motifs is 1. The van der Waals surface area contributed by atoms with Gasteiger partial charge in [0.05, 0.1) is 5.39 Å². The molecule has 0 aliphatic heterocycles. The minimum absolute atomic E-state index is 0.270. The Morgan fingerprint density at radius 3 is 2.65 bits per heavy atom. The summed E-state index contributed by atoms with van der Waals surface area (Å²) in [5, 5.41) is 10.6. The largest absolute Gasteiger partial charge is 0.480 e. The third-order valence-electron chi connectivity index (χ3n) is 3.44. The van der Waals surface area contributed by atoms with Gasteiger partial charge in [0, 0.05) is 18.6 Å². The molecule has 3 aromatic rings. The molecule has 1 aromatic carbocycles. The van der Waals surface area contributed by atoms with Crippen LogP contribution in [-0.4, -0.2) is 27.1 Å². The summed E-state index contributed by atoms with van der Waals surface area (Å²) in [7, 11) is 0. The summed E-state index contributed by atoms with van der Waals surface area (Å²) in [5.74, 6) is 0.0740. The van der Waals surface area contributed by atoms with Crippen molar-refractivity contribution in [3.63, 3.8) is 0 Å². The van der Waals surface area contributed by atoms with E-state index in [9.17, 15) is 4.79 Å². The van der Waals surface area contributed by atoms with E-state index in [1.54, 1.807) is 42.9 Å². The number of rotatable bonds is 5. The van der Waals surface area contributed by atoms with Crippen molar-refractivity contribution in [1.82, 2.24) is 9.97 Å². The molecule has 0 aliphatic rings. The van der Waals surface area contributed by atoms with Crippen LogP contribution >= 0.6 is 0 Å². The highest BCUT2D eigenvalue weighted by molar-refractivity contribution is 5.85. The van der Waals surface area contributed by atoms with Crippen molar-refractivity contribution in [2.45, 2.75) is 12.5 Å². The van der Waals surface area contributed by atoms with Gasteiger partial charge in [0.25, 0.3) is 0 Å². The molecule has 0 radical (unpaired) electrons. The van der Waals surface area contributed by atoms with E-state index in [1.807, 2.05) is 12.1 Å². The summed E-state index contributed by atoms with van der Waals surface area (Å²) >= 11 is 0. The van der Waals surface area contributed by atoms with Gasteiger partial charge in [-0.05, 0) is 41.6 Å². The van der Waals surface area contributed by atoms with Gasteiger partial charge in [0.1, 0.15) is 11.8 Å². The quantitative estimate of drug-likeness (QED) is 0.751. The van der Waals surface area contributed by atoms with E-state index in [2.05, 4.69) is 9.97 Å². The lowest BCUT2D eigenvalue weighted by Gasteiger charge is -2.09. The molecule has 116 valence electrons. The predicted octanol–water partition coefficient (Wildman–Crippen LogP) is 2.38. The summed E-state index contributed by atoms with van der Waals surface area (Å²) < 4.78 is 5.80. The smallest absolute Gasteiger partial charge is 0.320 e. The number of pyridine rings is 2. The Balaban J connectivity index is 1.79. The molecule has 3 N–H and O–H groups in total. The molecule has 23 heavy (non-hydrogen) atoms. The van der Waals surface area contributed by atoms with Crippen LogP contribution in [0, 0.1) is 0 Å². The minimum atomic E-state index is -1.02. The first-order chi connectivity index (χ1) is 11.1. The fourth-order valence-corrected chi connectivity index (χ4v) is 2.21. The second-order valence-corrected chi connectivity index (χ2v) is 5.11. The van der Waals surface area contributed by atoms with Crippen molar-refractivity contribution in [2.75, 3.05) is 0 Å². The topological polar surface area (TPSA) is 98.3 Å². The van der Waals surface area contributed by atoms with E-state index in [4.69, 9.17) is 15.6 Å². The van der Waals surface area contributed by atoms with E-state index < -0.39 is 12.0 Å². The number of nitrogens with two attached hydrogens (primary N) is 1. The van der Waals surface area contributed by atoms with Crippen LogP contribution in [0.2, 0.25) is 0 Å². The molecular formula is C17H15N3O3. The molecule has 0 saturated carbocycles. The number of hydrogen-bond donors (Lipinski definition) is 2. The van der Waals surface area contributed by atoms with Crippen LogP contribution in [-0.2, 0) is 11.2 Å². The van der Waals surface area contributed by atoms with Gasteiger partial charge in [-0.15, -0.1) is 0 Å². The van der Waals surface area contributed by atoms with Crippen molar-refractivity contribution >= 4 is 16.7 Å². The minimum Gasteiger partial charge on any atom is -0.480 e. The Morgan fingerprint density at radius 2 is 1.91 bits per heavy atom. The fourth-order valence-electron chi connectivity index (χ4n) is 2.21. The highest BCUT2D eigenvalue weighted by Crippen LogP contribution is 2.27. The average Bonchev–Trinajstić information content (AvgIpc) is 2.57. The van der Waals surface area contributed by atoms with Crippen LogP contribution in [0.4, 0.5) is 0 Å². The SMILES string of the molecule is NC(Cc1ccc(Oc2nccc3ccncc23)cc1)C(=O)O. The second kappa shape index (κ2) is 6.41. The first-order valence-corrected chi connectivity index (χ1v) is 7.07. The lowest BCUT2D eigenvalue weighted by molar-refractivity contribution is -0.138. The van der Waals surface area contributed by atoms with Gasteiger partial charge in [-0.2, -0.15) is 0 Å². The van der Waals surface area contributed by atoms with Gasteiger partial charge < -0.3 is 15.6 Å². The zero-order chi connectivity index (χ0) is 16.2. The molecule has 0 saturated heterocycles. The van der Waals surface area contributed by atoms with Crippen LogP contribution in [0.1, 0.15) is 5.56 Å². The normalized spacial score (nSPS) is 12.0. The van der Waals surface area contributed by atoms with Crippen molar-refractivity contribution in [1.29, 1.82) is 0 Å². The predicted molar refractivity (Wildman–Crippen MR) is 85.4 cm³/mol. The number of nitrogens with zero attached hydrogens (tertiary/aromatic N) is 2. The van der Waals surface area contributed by atoms with Crippen LogP contribution in [0.3, 0.4) is 0 Å². The maximum absolute atomic E-state index is 10.8. The third kappa shape index (κ3) is 3.44. The highest BCUT2D eigenvalue weighted by Gasteiger charge is 2.12. The van der Waals surface area contributed by atoms with Crippen molar-refractivity contribution in [3.8, 4) is 11.6 Å². The van der Waals surface area contributed by atoms with E-state index in [0.29, 0.717) is 11.6 Å². The van der Waals surface area contributed by atoms with Crippen LogP contribution < -0.4 is 10.5 Å². The Bertz CT molecular complexity index is 829. The molecule has 1 atom stereocenters. The number of benzene rings is 1. The molecule has 0 fully saturated rings. The molecule has 6 heteroatoms. The Kier molecular flexibility index (Phi) is 4.16. The van der Waals surface area contributed by atoms with E-state index in [1.165, 1.54) is 0 Å². The molecule has 0 spiro atoms. The third-order valence-corrected chi connectivity index (χ3v) is 3.44. The van der Waals surface area contributed by atoms with Crippen molar-refractivity contribution in [3.05, 3.63) is 60.6 Å². The summed E-state index contributed by atoms with van der Waals surface area (Å²) in [6, 6.07) is 9.98. The average molecular weight is 309 g/mol. The van der Waals surface area contributed by atoms with Crippen LogP contribution in [0.15, 0.2) is 55.0 Å². The number of ether oxygens (including phenoxy) is 1. The molecule has 6 nitrogen and oxygen atoms in total. The van der Waals surface area contributed by atoms with Crippen molar-refractivity contribution < 1.29 is 14.6 Å². The summed E-state index contributed by atoms with van der Waals surface area (Å²) in [4.78, 5) is 19.1. The summed E-state index contributed by atoms with van der Waals surface area (Å²) in [6.45, 7) is 0. The molecule has 1 unspecified atom stereocenters. The maximum atomic E-state index is 10.8. The van der Waals surface area contributed by atoms with Gasteiger partial charge in [-0.3, -0.25) is 9.78 Å². The number of hydrogen-bond acceptors (Lipinski definition) is 5. The molecule has 0 aliphatic carbocycles. The lowest BCUT2D eigenvalue weighted by atomic mass is 10.1. The number of aromatic nitrogens is 2. The van der Waals surface area contributed by atoms with Gasteiger partial charge in [0.2, 0.25) is 5.88 Å². The number of carbonyl (C=O) groups is 1. The molecule has 0 amide bonds. The Labute approximate surface area is 132 Å². The summed E-state index contributed by atoms with van der Waals surface area (Å²) in [6.07, 6.45) is 5.37. The zero-order valence-electron chi connectivity index (χ0n) is 12.2. The number of aliphatic carboxylic acids is 1. The maximum Gasteiger partial charge on any atom is 0.320 e. The van der Waals surface area contributed by atoms with Gasteiger partial charge in [-0.25, -0.2) is 4.98 Å². The van der Waals surface area contributed by atoms with Crippen LogP contribution in [0.5, 0.6) is 11.6 Å². The lowest BCUT2D eigenvalue weighted by Crippen LogP contribution is -2.32. The van der Waals surface area contributed by atoms with Crippen LogP contribution in [0.25, 0.3) is 10.8 Å². The molecule has 2 aromatic heterocycles. The first-order valence-electron chi connectivity index (χ1n) is 7.07. The molecule has 0 bridgehead atoms. The standard InChI is InChI=1S/C17H15N3O3/c18-15(17(21)22)9-11-1-3-13(4-2-11)23-16-14-10-19-7-5-12(14)6-8-20-16/h1-8,10,15H,9,18H2,(H,21,22). The van der Waals surface area contributed by atoms with Crippen molar-refractivity contribution in [2.24, 2.45) is 5.73 Å².